The molecule has 5 heteroatoms. The first kappa shape index (κ1) is 14.8. The normalized spacial score (nSPS) is 16.9. The van der Waals surface area contributed by atoms with Crippen LogP contribution in [0.3, 0.4) is 0 Å². The van der Waals surface area contributed by atoms with Crippen LogP contribution in [-0.4, -0.2) is 28.0 Å². The number of rotatable bonds is 5. The molecule has 0 radical (unpaired) electrons. The molecule has 1 heterocycles. The molecule has 2 rings (SSSR count). The lowest BCUT2D eigenvalue weighted by Crippen LogP contribution is -2.32. The highest BCUT2D eigenvalue weighted by Gasteiger charge is 2.17. The maximum Gasteiger partial charge on any atom is 0.270 e. The SMILES string of the molecule is CCC(C)NC(=O)c1cc(NC2CCCC2)nc(C)n1. The van der Waals surface area contributed by atoms with E-state index in [0.717, 1.165) is 12.2 Å². The van der Waals surface area contributed by atoms with E-state index in [4.69, 9.17) is 0 Å². The number of amides is 1. The highest BCUT2D eigenvalue weighted by Crippen LogP contribution is 2.21. The number of aromatic nitrogens is 2. The lowest BCUT2D eigenvalue weighted by molar-refractivity contribution is 0.0934. The summed E-state index contributed by atoms with van der Waals surface area (Å²) >= 11 is 0. The van der Waals surface area contributed by atoms with Gasteiger partial charge in [0.2, 0.25) is 0 Å². The maximum atomic E-state index is 12.1. The van der Waals surface area contributed by atoms with Gasteiger partial charge in [0.25, 0.3) is 5.91 Å². The summed E-state index contributed by atoms with van der Waals surface area (Å²) in [5.74, 6) is 1.26. The number of nitrogens with zero attached hydrogens (tertiary/aromatic N) is 2. The molecule has 5 nitrogen and oxygen atoms in total. The lowest BCUT2D eigenvalue weighted by Gasteiger charge is -2.15. The van der Waals surface area contributed by atoms with Gasteiger partial charge in [-0.3, -0.25) is 4.79 Å². The van der Waals surface area contributed by atoms with Gasteiger partial charge in [-0.25, -0.2) is 9.97 Å². The van der Waals surface area contributed by atoms with Crippen LogP contribution in [0.5, 0.6) is 0 Å². The van der Waals surface area contributed by atoms with Gasteiger partial charge in [-0.05, 0) is 33.1 Å². The fraction of sp³-hybridized carbons (Fsp3) is 0.667. The van der Waals surface area contributed by atoms with Gasteiger partial charge in [0.15, 0.2) is 0 Å². The van der Waals surface area contributed by atoms with E-state index < -0.39 is 0 Å². The number of anilines is 1. The maximum absolute atomic E-state index is 12.1. The predicted molar refractivity (Wildman–Crippen MR) is 79.9 cm³/mol. The minimum Gasteiger partial charge on any atom is -0.367 e. The first-order chi connectivity index (χ1) is 9.58. The number of carbonyl (C=O) groups excluding carboxylic acids is 1. The van der Waals surface area contributed by atoms with Gasteiger partial charge in [0.05, 0.1) is 0 Å². The second-order valence-electron chi connectivity index (χ2n) is 5.59. The van der Waals surface area contributed by atoms with Crippen molar-refractivity contribution in [2.75, 3.05) is 5.32 Å². The summed E-state index contributed by atoms with van der Waals surface area (Å²) in [7, 11) is 0. The molecule has 0 aromatic carbocycles. The summed E-state index contributed by atoms with van der Waals surface area (Å²) in [6.07, 6.45) is 5.80. The Morgan fingerprint density at radius 3 is 2.75 bits per heavy atom. The Labute approximate surface area is 120 Å². The molecule has 1 aliphatic carbocycles. The van der Waals surface area contributed by atoms with Crippen LogP contribution in [0.25, 0.3) is 0 Å². The average molecular weight is 276 g/mol. The second kappa shape index (κ2) is 6.68. The van der Waals surface area contributed by atoms with Crippen LogP contribution in [0.1, 0.15) is 62.3 Å². The summed E-state index contributed by atoms with van der Waals surface area (Å²) < 4.78 is 0. The van der Waals surface area contributed by atoms with Crippen molar-refractivity contribution in [3.05, 3.63) is 17.6 Å². The van der Waals surface area contributed by atoms with E-state index in [-0.39, 0.29) is 11.9 Å². The van der Waals surface area contributed by atoms with Crippen LogP contribution in [0, 0.1) is 6.92 Å². The summed E-state index contributed by atoms with van der Waals surface area (Å²) in [6.45, 7) is 5.85. The zero-order chi connectivity index (χ0) is 14.5. The van der Waals surface area contributed by atoms with E-state index in [1.54, 1.807) is 6.07 Å². The van der Waals surface area contributed by atoms with Crippen molar-refractivity contribution in [1.82, 2.24) is 15.3 Å². The minimum atomic E-state index is -0.126. The van der Waals surface area contributed by atoms with Gasteiger partial charge in [-0.2, -0.15) is 0 Å². The Morgan fingerprint density at radius 1 is 1.40 bits per heavy atom. The van der Waals surface area contributed by atoms with Crippen LogP contribution in [0.4, 0.5) is 5.82 Å². The Morgan fingerprint density at radius 2 is 2.10 bits per heavy atom. The van der Waals surface area contributed by atoms with Crippen LogP contribution in [0.2, 0.25) is 0 Å². The average Bonchev–Trinajstić information content (AvgIpc) is 2.90. The standard InChI is InChI=1S/C15H24N4O/c1-4-10(2)16-15(20)13-9-14(18-11(3)17-13)19-12-7-5-6-8-12/h9-10,12H,4-8H2,1-3H3,(H,16,20)(H,17,18,19). The predicted octanol–water partition coefficient (Wildman–Crippen LogP) is 2.67. The van der Waals surface area contributed by atoms with Crippen molar-refractivity contribution >= 4 is 11.7 Å². The minimum absolute atomic E-state index is 0.126. The number of hydrogen-bond donors (Lipinski definition) is 2. The summed E-state index contributed by atoms with van der Waals surface area (Å²) in [5.41, 5.74) is 0.443. The molecule has 1 atom stereocenters. The topological polar surface area (TPSA) is 66.9 Å². The molecular weight excluding hydrogens is 252 g/mol. The van der Waals surface area contributed by atoms with Crippen molar-refractivity contribution < 1.29 is 4.79 Å². The van der Waals surface area contributed by atoms with Crippen LogP contribution < -0.4 is 10.6 Å². The molecule has 1 aromatic rings. The van der Waals surface area contributed by atoms with Crippen molar-refractivity contribution in [1.29, 1.82) is 0 Å². The monoisotopic (exact) mass is 276 g/mol. The van der Waals surface area contributed by atoms with Crippen molar-refractivity contribution in [2.45, 2.75) is 65.0 Å². The molecular formula is C15H24N4O. The molecule has 0 aliphatic heterocycles. The highest BCUT2D eigenvalue weighted by molar-refractivity contribution is 5.93. The highest BCUT2D eigenvalue weighted by atomic mass is 16.1. The summed E-state index contributed by atoms with van der Waals surface area (Å²) in [5, 5.41) is 6.35. The number of aryl methyl sites for hydroxylation is 1. The molecule has 0 saturated heterocycles. The van der Waals surface area contributed by atoms with Crippen molar-refractivity contribution in [2.24, 2.45) is 0 Å². The van der Waals surface area contributed by atoms with Gasteiger partial charge in [-0.1, -0.05) is 19.8 Å². The van der Waals surface area contributed by atoms with E-state index in [0.29, 0.717) is 17.6 Å². The van der Waals surface area contributed by atoms with E-state index in [1.165, 1.54) is 25.7 Å². The second-order valence-corrected chi connectivity index (χ2v) is 5.59. The third-order valence-electron chi connectivity index (χ3n) is 3.77. The molecule has 1 fully saturated rings. The molecule has 0 bridgehead atoms. The van der Waals surface area contributed by atoms with Gasteiger partial charge >= 0.3 is 0 Å². The molecule has 110 valence electrons. The van der Waals surface area contributed by atoms with Crippen LogP contribution in [-0.2, 0) is 0 Å². The van der Waals surface area contributed by atoms with Gasteiger partial charge in [-0.15, -0.1) is 0 Å². The smallest absolute Gasteiger partial charge is 0.270 e. The molecule has 2 N–H and O–H groups in total. The van der Waals surface area contributed by atoms with Crippen LogP contribution >= 0.6 is 0 Å². The first-order valence-electron chi connectivity index (χ1n) is 7.51. The Balaban J connectivity index is 2.09. The van der Waals surface area contributed by atoms with E-state index in [1.807, 2.05) is 20.8 Å². The first-order valence-corrected chi connectivity index (χ1v) is 7.51. The van der Waals surface area contributed by atoms with Gasteiger partial charge < -0.3 is 10.6 Å². The molecule has 0 spiro atoms. The number of nitrogens with one attached hydrogen (secondary N) is 2. The fourth-order valence-corrected chi connectivity index (χ4v) is 2.44. The van der Waals surface area contributed by atoms with Crippen LogP contribution in [0.15, 0.2) is 6.07 Å². The Bertz CT molecular complexity index is 469. The van der Waals surface area contributed by atoms with E-state index in [2.05, 4.69) is 20.6 Å². The molecule has 1 saturated carbocycles. The fourth-order valence-electron chi connectivity index (χ4n) is 2.44. The third-order valence-corrected chi connectivity index (χ3v) is 3.77. The number of carbonyl (C=O) groups is 1. The molecule has 1 amide bonds. The van der Waals surface area contributed by atoms with Gasteiger partial charge in [0.1, 0.15) is 17.3 Å². The van der Waals surface area contributed by atoms with Crippen molar-refractivity contribution in [3.8, 4) is 0 Å². The zero-order valence-electron chi connectivity index (χ0n) is 12.6. The Hall–Kier alpha value is -1.65. The molecule has 20 heavy (non-hydrogen) atoms. The van der Waals surface area contributed by atoms with E-state index >= 15 is 0 Å². The summed E-state index contributed by atoms with van der Waals surface area (Å²) in [4.78, 5) is 20.7. The van der Waals surface area contributed by atoms with Crippen molar-refractivity contribution in [3.63, 3.8) is 0 Å². The molecule has 1 unspecified atom stereocenters. The molecule has 1 aromatic heterocycles. The Kier molecular flexibility index (Phi) is 4.93. The summed E-state index contributed by atoms with van der Waals surface area (Å²) in [6, 6.07) is 2.39. The zero-order valence-corrected chi connectivity index (χ0v) is 12.6. The van der Waals surface area contributed by atoms with E-state index in [9.17, 15) is 4.79 Å². The number of hydrogen-bond acceptors (Lipinski definition) is 4. The largest absolute Gasteiger partial charge is 0.367 e. The quantitative estimate of drug-likeness (QED) is 0.867. The lowest BCUT2D eigenvalue weighted by atomic mass is 10.2. The molecule has 1 aliphatic rings. The van der Waals surface area contributed by atoms with Gasteiger partial charge in [0, 0.05) is 18.2 Å². The third kappa shape index (κ3) is 3.92.